The summed E-state index contributed by atoms with van der Waals surface area (Å²) in [6.07, 6.45) is 0. The maximum Gasteiger partial charge on any atom is 0.195 e. The molecule has 0 radical (unpaired) electrons. The van der Waals surface area contributed by atoms with Crippen LogP contribution in [0.3, 0.4) is 0 Å². The Balaban J connectivity index is 2.69. The highest BCUT2D eigenvalue weighted by atomic mass is 127. The predicted octanol–water partition coefficient (Wildman–Crippen LogP) is 4.10. The first kappa shape index (κ1) is 12.8. The van der Waals surface area contributed by atoms with Crippen molar-refractivity contribution in [1.29, 1.82) is 0 Å². The van der Waals surface area contributed by atoms with E-state index in [1.54, 1.807) is 0 Å². The van der Waals surface area contributed by atoms with Crippen LogP contribution in [0.4, 0.5) is 0 Å². The lowest BCUT2D eigenvalue weighted by Gasteiger charge is -2.12. The number of hydrogen-bond acceptors (Lipinski definition) is 2. The Bertz CT molecular complexity index is 598. The molecule has 0 saturated carbocycles. The van der Waals surface area contributed by atoms with E-state index in [-0.39, 0.29) is 0 Å². The summed E-state index contributed by atoms with van der Waals surface area (Å²) in [6.45, 7) is 6.32. The minimum Gasteiger partial charge on any atom is -0.298 e. The minimum atomic E-state index is 0.299. The average molecular weight is 359 g/mol. The summed E-state index contributed by atoms with van der Waals surface area (Å²) in [5, 5.41) is 7.23. The van der Waals surface area contributed by atoms with Gasteiger partial charge < -0.3 is 0 Å². The zero-order valence-corrected chi connectivity index (χ0v) is 13.0. The molecule has 0 fully saturated rings. The van der Waals surface area contributed by atoms with Crippen molar-refractivity contribution >= 4 is 34.8 Å². The van der Waals surface area contributed by atoms with E-state index >= 15 is 0 Å². The van der Waals surface area contributed by atoms with Crippen molar-refractivity contribution < 1.29 is 0 Å². The third-order valence-electron chi connectivity index (χ3n) is 2.65. The Morgan fingerprint density at radius 2 is 2.12 bits per heavy atom. The van der Waals surface area contributed by atoms with Crippen molar-refractivity contribution in [2.75, 3.05) is 0 Å². The SMILES string of the molecule is Cc1cccc(-c2n[nH]c(=S)n2C(C)C)c1I. The van der Waals surface area contributed by atoms with E-state index in [4.69, 9.17) is 12.2 Å². The normalized spacial score (nSPS) is 11.1. The number of aromatic nitrogens is 3. The van der Waals surface area contributed by atoms with Crippen LogP contribution < -0.4 is 0 Å². The van der Waals surface area contributed by atoms with Crippen LogP contribution in [0.1, 0.15) is 25.5 Å². The number of aromatic amines is 1. The van der Waals surface area contributed by atoms with E-state index in [0.29, 0.717) is 10.8 Å². The fraction of sp³-hybridized carbons (Fsp3) is 0.333. The van der Waals surface area contributed by atoms with Crippen LogP contribution in [0.15, 0.2) is 18.2 Å². The van der Waals surface area contributed by atoms with Gasteiger partial charge in [0.15, 0.2) is 10.6 Å². The summed E-state index contributed by atoms with van der Waals surface area (Å²) in [5.41, 5.74) is 2.39. The highest BCUT2D eigenvalue weighted by Gasteiger charge is 2.14. The molecule has 1 N–H and O–H groups in total. The van der Waals surface area contributed by atoms with Crippen LogP contribution in [0, 0.1) is 15.3 Å². The van der Waals surface area contributed by atoms with E-state index < -0.39 is 0 Å². The van der Waals surface area contributed by atoms with E-state index in [9.17, 15) is 0 Å². The largest absolute Gasteiger partial charge is 0.298 e. The lowest BCUT2D eigenvalue weighted by atomic mass is 10.1. The van der Waals surface area contributed by atoms with Gasteiger partial charge in [0.25, 0.3) is 0 Å². The van der Waals surface area contributed by atoms with E-state index in [2.05, 4.69) is 71.8 Å². The molecule has 0 amide bonds. The van der Waals surface area contributed by atoms with Gasteiger partial charge in [-0.15, -0.1) is 0 Å². The molecule has 0 spiro atoms. The monoisotopic (exact) mass is 359 g/mol. The molecule has 17 heavy (non-hydrogen) atoms. The summed E-state index contributed by atoms with van der Waals surface area (Å²) in [5.74, 6) is 0.915. The van der Waals surface area contributed by atoms with Crippen LogP contribution in [-0.4, -0.2) is 14.8 Å². The van der Waals surface area contributed by atoms with Crippen molar-refractivity contribution in [2.24, 2.45) is 0 Å². The fourth-order valence-electron chi connectivity index (χ4n) is 1.79. The molecular formula is C12H14IN3S. The van der Waals surface area contributed by atoms with Gasteiger partial charge in [0.05, 0.1) is 0 Å². The molecular weight excluding hydrogens is 345 g/mol. The number of nitrogens with one attached hydrogen (secondary N) is 1. The molecule has 90 valence electrons. The Hall–Kier alpha value is -0.690. The summed E-state index contributed by atoms with van der Waals surface area (Å²) >= 11 is 7.62. The zero-order valence-electron chi connectivity index (χ0n) is 9.99. The van der Waals surface area contributed by atoms with Crippen LogP contribution in [0.5, 0.6) is 0 Å². The van der Waals surface area contributed by atoms with Gasteiger partial charge in [-0.05, 0) is 61.1 Å². The molecule has 3 nitrogen and oxygen atoms in total. The summed E-state index contributed by atoms with van der Waals surface area (Å²) in [6, 6.07) is 6.53. The van der Waals surface area contributed by atoms with Gasteiger partial charge in [0, 0.05) is 15.2 Å². The first-order chi connectivity index (χ1) is 8.02. The van der Waals surface area contributed by atoms with Crippen LogP contribution >= 0.6 is 34.8 Å². The Morgan fingerprint density at radius 3 is 2.76 bits per heavy atom. The highest BCUT2D eigenvalue weighted by Crippen LogP contribution is 2.27. The average Bonchev–Trinajstić information content (AvgIpc) is 2.64. The zero-order chi connectivity index (χ0) is 12.6. The second-order valence-electron chi connectivity index (χ2n) is 4.25. The van der Waals surface area contributed by atoms with Crippen LogP contribution in [0.2, 0.25) is 0 Å². The van der Waals surface area contributed by atoms with Crippen molar-refractivity contribution in [2.45, 2.75) is 26.8 Å². The third-order valence-corrected chi connectivity index (χ3v) is 4.37. The smallest absolute Gasteiger partial charge is 0.195 e. The summed E-state index contributed by atoms with van der Waals surface area (Å²) in [7, 11) is 0. The first-order valence-corrected chi connectivity index (χ1v) is 6.93. The number of halogens is 1. The molecule has 0 aliphatic rings. The molecule has 0 unspecified atom stereocenters. The molecule has 0 saturated heterocycles. The lowest BCUT2D eigenvalue weighted by molar-refractivity contribution is 0.597. The molecule has 1 heterocycles. The van der Waals surface area contributed by atoms with Crippen molar-refractivity contribution in [3.8, 4) is 11.4 Å². The second-order valence-corrected chi connectivity index (χ2v) is 5.72. The second kappa shape index (κ2) is 4.89. The molecule has 0 bridgehead atoms. The number of H-pyrrole nitrogens is 1. The fourth-order valence-corrected chi connectivity index (χ4v) is 2.74. The maximum atomic E-state index is 5.27. The topological polar surface area (TPSA) is 33.6 Å². The van der Waals surface area contributed by atoms with Gasteiger partial charge >= 0.3 is 0 Å². The Kier molecular flexibility index (Phi) is 3.67. The van der Waals surface area contributed by atoms with E-state index in [1.807, 2.05) is 4.57 Å². The number of benzene rings is 1. The van der Waals surface area contributed by atoms with Gasteiger partial charge in [0.2, 0.25) is 0 Å². The van der Waals surface area contributed by atoms with Crippen molar-refractivity contribution in [3.05, 3.63) is 32.1 Å². The summed E-state index contributed by atoms with van der Waals surface area (Å²) in [4.78, 5) is 0. The molecule has 2 rings (SSSR count). The van der Waals surface area contributed by atoms with Crippen LogP contribution in [0.25, 0.3) is 11.4 Å². The molecule has 0 aliphatic heterocycles. The molecule has 5 heteroatoms. The lowest BCUT2D eigenvalue weighted by Crippen LogP contribution is -2.04. The van der Waals surface area contributed by atoms with Crippen LogP contribution in [-0.2, 0) is 0 Å². The Morgan fingerprint density at radius 1 is 1.41 bits per heavy atom. The standard InChI is InChI=1S/C12H14IN3S/c1-7(2)16-11(14-15-12(16)17)9-6-4-5-8(3)10(9)13/h4-7H,1-3H3,(H,15,17). The van der Waals surface area contributed by atoms with E-state index in [0.717, 1.165) is 11.4 Å². The molecule has 2 aromatic rings. The first-order valence-electron chi connectivity index (χ1n) is 5.44. The molecule has 1 aromatic carbocycles. The quantitative estimate of drug-likeness (QED) is 0.647. The van der Waals surface area contributed by atoms with E-state index in [1.165, 1.54) is 9.13 Å². The van der Waals surface area contributed by atoms with Gasteiger partial charge in [-0.3, -0.25) is 9.67 Å². The minimum absolute atomic E-state index is 0.299. The number of aryl methyl sites for hydroxylation is 1. The molecule has 0 aliphatic carbocycles. The predicted molar refractivity (Wildman–Crippen MR) is 80.7 cm³/mol. The summed E-state index contributed by atoms with van der Waals surface area (Å²) < 4.78 is 3.94. The maximum absolute atomic E-state index is 5.27. The van der Waals surface area contributed by atoms with Crippen molar-refractivity contribution in [3.63, 3.8) is 0 Å². The van der Waals surface area contributed by atoms with Gasteiger partial charge in [-0.25, -0.2) is 0 Å². The number of rotatable bonds is 2. The van der Waals surface area contributed by atoms with Gasteiger partial charge in [0.1, 0.15) is 0 Å². The Labute approximate surface area is 119 Å². The number of hydrogen-bond donors (Lipinski definition) is 1. The molecule has 1 aromatic heterocycles. The van der Waals surface area contributed by atoms with Gasteiger partial charge in [-0.1, -0.05) is 18.2 Å². The number of nitrogens with zero attached hydrogens (tertiary/aromatic N) is 2. The van der Waals surface area contributed by atoms with Gasteiger partial charge in [-0.2, -0.15) is 5.10 Å². The molecule has 0 atom stereocenters. The van der Waals surface area contributed by atoms with Crippen molar-refractivity contribution in [1.82, 2.24) is 14.8 Å². The highest BCUT2D eigenvalue weighted by molar-refractivity contribution is 14.1. The third kappa shape index (κ3) is 2.30.